The molecule has 1 fully saturated rings. The van der Waals surface area contributed by atoms with Crippen molar-refractivity contribution < 1.29 is 9.90 Å². The Morgan fingerprint density at radius 1 is 1.37 bits per heavy atom. The van der Waals surface area contributed by atoms with E-state index in [1.807, 2.05) is 0 Å². The van der Waals surface area contributed by atoms with Gasteiger partial charge in [-0.1, -0.05) is 42.1 Å². The van der Waals surface area contributed by atoms with Gasteiger partial charge >= 0.3 is 0 Å². The average molecular weight is 326 g/mol. The third-order valence-electron chi connectivity index (χ3n) is 3.94. The number of aromatic hydroxyl groups is 1. The molecule has 1 aromatic rings. The van der Waals surface area contributed by atoms with Crippen LogP contribution in [0.1, 0.15) is 49.4 Å². The normalized spacial score (nSPS) is 18.0. The van der Waals surface area contributed by atoms with E-state index in [2.05, 4.69) is 28.2 Å². The summed E-state index contributed by atoms with van der Waals surface area (Å²) >= 11 is 3.26. The molecule has 104 valence electrons. The Balaban J connectivity index is 1.97. The summed E-state index contributed by atoms with van der Waals surface area (Å²) < 4.78 is 0.765. The second-order valence-corrected chi connectivity index (χ2v) is 6.63. The number of halogens is 1. The molecule has 0 saturated heterocycles. The van der Waals surface area contributed by atoms with Crippen LogP contribution in [-0.2, 0) is 0 Å². The van der Waals surface area contributed by atoms with Crippen molar-refractivity contribution in [1.82, 2.24) is 5.32 Å². The lowest BCUT2D eigenvalue weighted by Crippen LogP contribution is -2.37. The Kier molecular flexibility index (Phi) is 4.50. The fourth-order valence-electron chi connectivity index (χ4n) is 2.67. The van der Waals surface area contributed by atoms with Crippen molar-refractivity contribution in [2.45, 2.75) is 39.0 Å². The number of phenolic OH excluding ortho intramolecular Hbond substituents is 1. The Morgan fingerprint density at radius 2 is 2.05 bits per heavy atom. The van der Waals surface area contributed by atoms with Gasteiger partial charge in [-0.25, -0.2) is 0 Å². The van der Waals surface area contributed by atoms with E-state index in [1.165, 1.54) is 38.2 Å². The fraction of sp³-hybridized carbons (Fsp3) is 0.533. The van der Waals surface area contributed by atoms with Gasteiger partial charge < -0.3 is 10.4 Å². The highest BCUT2D eigenvalue weighted by Gasteiger charge is 2.27. The monoisotopic (exact) mass is 325 g/mol. The minimum Gasteiger partial charge on any atom is -0.507 e. The van der Waals surface area contributed by atoms with Gasteiger partial charge in [-0.2, -0.15) is 0 Å². The molecule has 0 heterocycles. The van der Waals surface area contributed by atoms with E-state index in [0.29, 0.717) is 12.1 Å². The lowest BCUT2D eigenvalue weighted by Gasteiger charge is -2.33. The SMILES string of the molecule is CC1(CNC(=O)c2ccc(Br)cc2O)CCCCC1. The van der Waals surface area contributed by atoms with Crippen LogP contribution in [0.3, 0.4) is 0 Å². The van der Waals surface area contributed by atoms with Crippen LogP contribution >= 0.6 is 15.9 Å². The number of rotatable bonds is 3. The third-order valence-corrected chi connectivity index (χ3v) is 4.43. The molecule has 0 radical (unpaired) electrons. The molecule has 0 bridgehead atoms. The first-order valence-corrected chi connectivity index (χ1v) is 7.56. The molecule has 0 aromatic heterocycles. The molecule has 0 spiro atoms. The van der Waals surface area contributed by atoms with Crippen molar-refractivity contribution in [3.05, 3.63) is 28.2 Å². The zero-order valence-electron chi connectivity index (χ0n) is 11.2. The van der Waals surface area contributed by atoms with Gasteiger partial charge in [0.05, 0.1) is 5.56 Å². The molecule has 1 aliphatic carbocycles. The largest absolute Gasteiger partial charge is 0.507 e. The predicted molar refractivity (Wildman–Crippen MR) is 79.3 cm³/mol. The second kappa shape index (κ2) is 5.95. The van der Waals surface area contributed by atoms with E-state index in [-0.39, 0.29) is 17.1 Å². The first-order chi connectivity index (χ1) is 9.00. The Hall–Kier alpha value is -1.03. The Labute approximate surface area is 122 Å². The summed E-state index contributed by atoms with van der Waals surface area (Å²) in [7, 11) is 0. The summed E-state index contributed by atoms with van der Waals surface area (Å²) in [5.41, 5.74) is 0.543. The Morgan fingerprint density at radius 3 is 2.68 bits per heavy atom. The molecular weight excluding hydrogens is 306 g/mol. The van der Waals surface area contributed by atoms with Crippen LogP contribution in [0.25, 0.3) is 0 Å². The van der Waals surface area contributed by atoms with Gasteiger partial charge in [-0.3, -0.25) is 4.79 Å². The molecule has 2 N–H and O–H groups in total. The molecule has 1 amide bonds. The van der Waals surface area contributed by atoms with E-state index in [9.17, 15) is 9.90 Å². The lowest BCUT2D eigenvalue weighted by molar-refractivity contribution is 0.0916. The van der Waals surface area contributed by atoms with E-state index in [4.69, 9.17) is 0 Å². The molecule has 0 unspecified atom stereocenters. The van der Waals surface area contributed by atoms with Gasteiger partial charge in [-0.15, -0.1) is 0 Å². The van der Waals surface area contributed by atoms with Gasteiger partial charge in [-0.05, 0) is 36.5 Å². The van der Waals surface area contributed by atoms with Crippen LogP contribution in [0, 0.1) is 5.41 Å². The number of benzene rings is 1. The summed E-state index contributed by atoms with van der Waals surface area (Å²) in [6, 6.07) is 4.94. The summed E-state index contributed by atoms with van der Waals surface area (Å²) in [6.45, 7) is 2.91. The highest BCUT2D eigenvalue weighted by atomic mass is 79.9. The van der Waals surface area contributed by atoms with E-state index < -0.39 is 0 Å². The molecule has 0 atom stereocenters. The van der Waals surface area contributed by atoms with Crippen molar-refractivity contribution in [2.24, 2.45) is 5.41 Å². The zero-order chi connectivity index (χ0) is 13.9. The van der Waals surface area contributed by atoms with Crippen LogP contribution in [0.2, 0.25) is 0 Å². The summed E-state index contributed by atoms with van der Waals surface area (Å²) in [4.78, 5) is 12.1. The van der Waals surface area contributed by atoms with Crippen LogP contribution < -0.4 is 5.32 Å². The maximum Gasteiger partial charge on any atom is 0.255 e. The second-order valence-electron chi connectivity index (χ2n) is 5.72. The van der Waals surface area contributed by atoms with Gasteiger partial charge in [0, 0.05) is 11.0 Å². The van der Waals surface area contributed by atoms with Crippen molar-refractivity contribution in [1.29, 1.82) is 0 Å². The smallest absolute Gasteiger partial charge is 0.255 e. The minimum atomic E-state index is -0.197. The molecule has 1 aromatic carbocycles. The maximum atomic E-state index is 12.1. The lowest BCUT2D eigenvalue weighted by atomic mass is 9.76. The minimum absolute atomic E-state index is 0.0145. The van der Waals surface area contributed by atoms with Crippen LogP contribution in [0.15, 0.2) is 22.7 Å². The van der Waals surface area contributed by atoms with Crippen molar-refractivity contribution in [3.63, 3.8) is 0 Å². The number of nitrogens with one attached hydrogen (secondary N) is 1. The molecule has 19 heavy (non-hydrogen) atoms. The van der Waals surface area contributed by atoms with Crippen LogP contribution in [0.4, 0.5) is 0 Å². The number of carbonyl (C=O) groups is 1. The molecule has 3 nitrogen and oxygen atoms in total. The van der Waals surface area contributed by atoms with Gasteiger partial charge in [0.2, 0.25) is 0 Å². The number of hydrogen-bond acceptors (Lipinski definition) is 2. The number of amides is 1. The third kappa shape index (κ3) is 3.72. The molecule has 1 aliphatic rings. The van der Waals surface area contributed by atoms with Crippen molar-refractivity contribution in [2.75, 3.05) is 6.54 Å². The van der Waals surface area contributed by atoms with Gasteiger partial charge in [0.25, 0.3) is 5.91 Å². The maximum absolute atomic E-state index is 12.1. The van der Waals surface area contributed by atoms with E-state index in [0.717, 1.165) is 4.47 Å². The fourth-order valence-corrected chi connectivity index (χ4v) is 3.02. The number of hydrogen-bond donors (Lipinski definition) is 2. The van der Waals surface area contributed by atoms with Crippen molar-refractivity contribution >= 4 is 21.8 Å². The molecular formula is C15H20BrNO2. The summed E-state index contributed by atoms with van der Waals surface area (Å²) in [6.07, 6.45) is 6.13. The summed E-state index contributed by atoms with van der Waals surface area (Å²) in [5.74, 6) is -0.183. The Bertz CT molecular complexity index is 467. The number of carbonyl (C=O) groups excluding carboxylic acids is 1. The zero-order valence-corrected chi connectivity index (χ0v) is 12.8. The van der Waals surface area contributed by atoms with Gasteiger partial charge in [0.1, 0.15) is 5.75 Å². The van der Waals surface area contributed by atoms with E-state index in [1.54, 1.807) is 12.1 Å². The molecule has 0 aliphatic heterocycles. The molecule has 1 saturated carbocycles. The standard InChI is InChI=1S/C15H20BrNO2/c1-15(7-3-2-4-8-15)10-17-14(19)12-6-5-11(16)9-13(12)18/h5-6,9,18H,2-4,7-8,10H2,1H3,(H,17,19). The topological polar surface area (TPSA) is 49.3 Å². The first-order valence-electron chi connectivity index (χ1n) is 6.77. The number of phenols is 1. The summed E-state index contributed by atoms with van der Waals surface area (Å²) in [5, 5.41) is 12.7. The quantitative estimate of drug-likeness (QED) is 0.886. The predicted octanol–water partition coefficient (Wildman–Crippen LogP) is 3.85. The first kappa shape index (κ1) is 14.4. The molecule has 4 heteroatoms. The van der Waals surface area contributed by atoms with Crippen LogP contribution in [-0.4, -0.2) is 17.6 Å². The van der Waals surface area contributed by atoms with E-state index >= 15 is 0 Å². The average Bonchev–Trinajstić information content (AvgIpc) is 2.37. The van der Waals surface area contributed by atoms with Gasteiger partial charge in [0.15, 0.2) is 0 Å². The highest BCUT2D eigenvalue weighted by Crippen LogP contribution is 2.35. The van der Waals surface area contributed by atoms with Crippen molar-refractivity contribution in [3.8, 4) is 5.75 Å². The highest BCUT2D eigenvalue weighted by molar-refractivity contribution is 9.10. The molecule has 2 rings (SSSR count). The van der Waals surface area contributed by atoms with Crippen LogP contribution in [0.5, 0.6) is 5.75 Å².